The molecule has 1 unspecified atom stereocenters. The van der Waals surface area contributed by atoms with Crippen LogP contribution in [-0.4, -0.2) is 38.2 Å². The average Bonchev–Trinajstić information content (AvgIpc) is 3.42. The number of amides is 1. The molecular formula is C20H22N4O2. The highest BCUT2D eigenvalue weighted by atomic mass is 16.3. The van der Waals surface area contributed by atoms with Crippen LogP contribution in [0.25, 0.3) is 0 Å². The number of carbonyl (C=O) groups is 1. The van der Waals surface area contributed by atoms with Gasteiger partial charge in [-0.1, -0.05) is 30.3 Å². The van der Waals surface area contributed by atoms with Crippen LogP contribution < -0.4 is 0 Å². The standard InChI is InChI=1S/C20H22N4O2/c25-20(18-9-5-13-26-18)24-12-4-8-17(24)10-11-19-22-21-15-23(19)14-16-6-2-1-3-7-16/h1-3,5-7,9,13,15,17H,4,8,10-12,14H2. The maximum Gasteiger partial charge on any atom is 0.289 e. The lowest BCUT2D eigenvalue weighted by Crippen LogP contribution is -2.35. The van der Waals surface area contributed by atoms with Gasteiger partial charge in [-0.15, -0.1) is 10.2 Å². The van der Waals surface area contributed by atoms with Crippen molar-refractivity contribution in [2.75, 3.05) is 6.54 Å². The molecule has 2 aromatic heterocycles. The van der Waals surface area contributed by atoms with Gasteiger partial charge in [0.2, 0.25) is 0 Å². The summed E-state index contributed by atoms with van der Waals surface area (Å²) in [6.07, 6.45) is 7.08. The Hall–Kier alpha value is -2.89. The zero-order valence-electron chi connectivity index (χ0n) is 14.6. The molecule has 3 heterocycles. The molecule has 6 nitrogen and oxygen atoms in total. The highest BCUT2D eigenvalue weighted by Crippen LogP contribution is 2.24. The molecule has 1 saturated heterocycles. The Morgan fingerprint density at radius 1 is 1.19 bits per heavy atom. The Morgan fingerprint density at radius 3 is 2.88 bits per heavy atom. The molecule has 0 bridgehead atoms. The minimum absolute atomic E-state index is 0.0109. The van der Waals surface area contributed by atoms with Crippen molar-refractivity contribution in [2.45, 2.75) is 38.3 Å². The third kappa shape index (κ3) is 3.54. The van der Waals surface area contributed by atoms with Crippen molar-refractivity contribution in [3.05, 3.63) is 72.2 Å². The topological polar surface area (TPSA) is 64.2 Å². The molecule has 26 heavy (non-hydrogen) atoms. The molecule has 4 rings (SSSR count). The van der Waals surface area contributed by atoms with E-state index in [-0.39, 0.29) is 11.9 Å². The van der Waals surface area contributed by atoms with E-state index in [0.717, 1.165) is 44.6 Å². The molecule has 1 atom stereocenters. The van der Waals surface area contributed by atoms with E-state index in [0.29, 0.717) is 5.76 Å². The van der Waals surface area contributed by atoms with Crippen molar-refractivity contribution in [3.8, 4) is 0 Å². The van der Waals surface area contributed by atoms with Gasteiger partial charge in [-0.05, 0) is 37.0 Å². The summed E-state index contributed by atoms with van der Waals surface area (Å²) < 4.78 is 7.36. The first-order valence-corrected chi connectivity index (χ1v) is 9.06. The van der Waals surface area contributed by atoms with E-state index >= 15 is 0 Å². The van der Waals surface area contributed by atoms with Gasteiger partial charge in [-0.2, -0.15) is 0 Å². The van der Waals surface area contributed by atoms with Crippen LogP contribution in [0, 0.1) is 0 Å². The van der Waals surface area contributed by atoms with Crippen LogP contribution in [0.3, 0.4) is 0 Å². The Balaban J connectivity index is 1.40. The quantitative estimate of drug-likeness (QED) is 0.685. The third-order valence-corrected chi connectivity index (χ3v) is 4.96. The second-order valence-corrected chi connectivity index (χ2v) is 6.67. The van der Waals surface area contributed by atoms with E-state index < -0.39 is 0 Å². The molecule has 1 aliphatic heterocycles. The lowest BCUT2D eigenvalue weighted by molar-refractivity contribution is 0.0698. The number of hydrogen-bond donors (Lipinski definition) is 0. The van der Waals surface area contributed by atoms with E-state index in [9.17, 15) is 4.79 Å². The Kier molecular flexibility index (Phi) is 4.82. The molecule has 0 spiro atoms. The Bertz CT molecular complexity index is 842. The molecule has 0 N–H and O–H groups in total. The third-order valence-electron chi connectivity index (χ3n) is 4.96. The molecule has 1 amide bonds. The van der Waals surface area contributed by atoms with Gasteiger partial charge in [0.25, 0.3) is 5.91 Å². The zero-order valence-corrected chi connectivity index (χ0v) is 14.6. The van der Waals surface area contributed by atoms with Gasteiger partial charge in [0.1, 0.15) is 12.2 Å². The minimum atomic E-state index is -0.0109. The summed E-state index contributed by atoms with van der Waals surface area (Å²) in [7, 11) is 0. The van der Waals surface area contributed by atoms with Crippen molar-refractivity contribution in [3.63, 3.8) is 0 Å². The van der Waals surface area contributed by atoms with Crippen LogP contribution in [0.1, 0.15) is 41.2 Å². The van der Waals surface area contributed by atoms with Crippen molar-refractivity contribution in [1.29, 1.82) is 0 Å². The monoisotopic (exact) mass is 350 g/mol. The predicted octanol–water partition coefficient (Wildman–Crippen LogP) is 3.16. The van der Waals surface area contributed by atoms with Crippen LogP contribution in [0.2, 0.25) is 0 Å². The number of benzene rings is 1. The van der Waals surface area contributed by atoms with E-state index in [1.165, 1.54) is 5.56 Å². The molecule has 3 aromatic rings. The molecule has 1 aromatic carbocycles. The maximum atomic E-state index is 12.6. The van der Waals surface area contributed by atoms with E-state index in [4.69, 9.17) is 4.42 Å². The minimum Gasteiger partial charge on any atom is -0.459 e. The smallest absolute Gasteiger partial charge is 0.289 e. The summed E-state index contributed by atoms with van der Waals surface area (Å²) in [6.45, 7) is 1.56. The number of aromatic nitrogens is 3. The summed E-state index contributed by atoms with van der Waals surface area (Å²) in [5, 5.41) is 8.36. The van der Waals surface area contributed by atoms with Crippen LogP contribution in [0.15, 0.2) is 59.5 Å². The average molecular weight is 350 g/mol. The number of furan rings is 1. The highest BCUT2D eigenvalue weighted by molar-refractivity contribution is 5.91. The van der Waals surface area contributed by atoms with Gasteiger partial charge in [0.05, 0.1) is 12.8 Å². The molecule has 6 heteroatoms. The van der Waals surface area contributed by atoms with Gasteiger partial charge in [0, 0.05) is 19.0 Å². The summed E-state index contributed by atoms with van der Waals surface area (Å²) >= 11 is 0. The SMILES string of the molecule is O=C(c1ccco1)N1CCCC1CCc1nncn1Cc1ccccc1. The lowest BCUT2D eigenvalue weighted by atomic mass is 10.1. The first kappa shape index (κ1) is 16.6. The van der Waals surface area contributed by atoms with Crippen LogP contribution in [-0.2, 0) is 13.0 Å². The maximum absolute atomic E-state index is 12.6. The second kappa shape index (κ2) is 7.56. The number of likely N-dealkylation sites (tertiary alicyclic amines) is 1. The van der Waals surface area contributed by atoms with Crippen molar-refractivity contribution in [2.24, 2.45) is 0 Å². The summed E-state index contributed by atoms with van der Waals surface area (Å²) in [5.41, 5.74) is 1.23. The second-order valence-electron chi connectivity index (χ2n) is 6.67. The summed E-state index contributed by atoms with van der Waals surface area (Å²) in [6, 6.07) is 14.0. The predicted molar refractivity (Wildman–Crippen MR) is 96.7 cm³/mol. The van der Waals surface area contributed by atoms with Gasteiger partial charge >= 0.3 is 0 Å². The Labute approximate surface area is 152 Å². The van der Waals surface area contributed by atoms with Gasteiger partial charge < -0.3 is 13.9 Å². The fourth-order valence-electron chi connectivity index (χ4n) is 3.63. The summed E-state index contributed by atoms with van der Waals surface area (Å²) in [5.74, 6) is 1.37. The molecule has 134 valence electrons. The van der Waals surface area contributed by atoms with E-state index in [1.54, 1.807) is 24.7 Å². The first-order chi connectivity index (χ1) is 12.8. The molecule has 1 fully saturated rings. The van der Waals surface area contributed by atoms with Crippen LogP contribution in [0.5, 0.6) is 0 Å². The van der Waals surface area contributed by atoms with Crippen molar-refractivity contribution in [1.82, 2.24) is 19.7 Å². The summed E-state index contributed by atoms with van der Waals surface area (Å²) in [4.78, 5) is 14.5. The number of aryl methyl sites for hydroxylation is 1. The Morgan fingerprint density at radius 2 is 2.08 bits per heavy atom. The number of nitrogens with zero attached hydrogens (tertiary/aromatic N) is 4. The van der Waals surface area contributed by atoms with Crippen molar-refractivity contribution < 1.29 is 9.21 Å². The number of rotatable bonds is 6. The van der Waals surface area contributed by atoms with Crippen LogP contribution in [0.4, 0.5) is 0 Å². The zero-order chi connectivity index (χ0) is 17.8. The largest absolute Gasteiger partial charge is 0.459 e. The lowest BCUT2D eigenvalue weighted by Gasteiger charge is -2.23. The van der Waals surface area contributed by atoms with Gasteiger partial charge in [-0.3, -0.25) is 4.79 Å². The van der Waals surface area contributed by atoms with Crippen molar-refractivity contribution >= 4 is 5.91 Å². The fourth-order valence-corrected chi connectivity index (χ4v) is 3.63. The molecule has 0 saturated carbocycles. The first-order valence-electron chi connectivity index (χ1n) is 9.06. The molecule has 1 aliphatic rings. The van der Waals surface area contributed by atoms with E-state index in [1.807, 2.05) is 23.1 Å². The van der Waals surface area contributed by atoms with Crippen LogP contribution >= 0.6 is 0 Å². The highest BCUT2D eigenvalue weighted by Gasteiger charge is 2.30. The number of carbonyl (C=O) groups excluding carboxylic acids is 1. The van der Waals surface area contributed by atoms with Gasteiger partial charge in [-0.25, -0.2) is 0 Å². The molecular weight excluding hydrogens is 328 g/mol. The van der Waals surface area contributed by atoms with E-state index in [2.05, 4.69) is 26.9 Å². The van der Waals surface area contributed by atoms with Gasteiger partial charge in [0.15, 0.2) is 5.76 Å². The number of hydrogen-bond acceptors (Lipinski definition) is 4. The molecule has 0 radical (unpaired) electrons. The fraction of sp³-hybridized carbons (Fsp3) is 0.350. The normalized spacial score (nSPS) is 16.9. The molecule has 0 aliphatic carbocycles.